The molecule has 1 aromatic heterocycles. The summed E-state index contributed by atoms with van der Waals surface area (Å²) in [5.41, 5.74) is 2.62. The van der Waals surface area contributed by atoms with E-state index in [1.54, 1.807) is 38.4 Å². The van der Waals surface area contributed by atoms with Gasteiger partial charge in [0.15, 0.2) is 11.5 Å². The maximum absolute atomic E-state index is 13.1. The number of pyridine rings is 1. The average molecular weight is 421 g/mol. The number of hydrogen-bond donors (Lipinski definition) is 1. The highest BCUT2D eigenvalue weighted by Crippen LogP contribution is 2.42. The summed E-state index contributed by atoms with van der Waals surface area (Å²) in [7, 11) is 2.12. The Labute approximate surface area is 182 Å². The molecule has 7 nitrogen and oxygen atoms in total. The SMILES string of the molecule is CC(C)C(=O)C1=C(O)C(=O)N(c2ccc(N3CCN(C)CC3)cc2)C1c1ccncc1. The second kappa shape index (κ2) is 8.51. The first-order valence-electron chi connectivity index (χ1n) is 10.6. The van der Waals surface area contributed by atoms with Gasteiger partial charge in [0, 0.05) is 55.9 Å². The summed E-state index contributed by atoms with van der Waals surface area (Å²) in [6.07, 6.45) is 3.25. The Kier molecular flexibility index (Phi) is 5.78. The molecule has 1 N–H and O–H groups in total. The van der Waals surface area contributed by atoms with Crippen LogP contribution in [0, 0.1) is 5.92 Å². The number of nitrogens with zero attached hydrogens (tertiary/aromatic N) is 4. The van der Waals surface area contributed by atoms with Gasteiger partial charge in [0.2, 0.25) is 0 Å². The third kappa shape index (κ3) is 3.93. The quantitative estimate of drug-likeness (QED) is 0.802. The lowest BCUT2D eigenvalue weighted by atomic mass is 9.91. The molecule has 1 amide bonds. The fraction of sp³-hybridized carbons (Fsp3) is 0.375. The van der Waals surface area contributed by atoms with Crippen molar-refractivity contribution in [3.05, 3.63) is 65.7 Å². The van der Waals surface area contributed by atoms with E-state index in [1.165, 1.54) is 4.90 Å². The summed E-state index contributed by atoms with van der Waals surface area (Å²) >= 11 is 0. The van der Waals surface area contributed by atoms with E-state index >= 15 is 0 Å². The normalized spacial score (nSPS) is 20.1. The summed E-state index contributed by atoms with van der Waals surface area (Å²) in [5.74, 6) is -1.60. The highest BCUT2D eigenvalue weighted by molar-refractivity contribution is 6.16. The minimum atomic E-state index is -0.681. The number of ketones is 1. The zero-order valence-corrected chi connectivity index (χ0v) is 18.2. The first-order valence-corrected chi connectivity index (χ1v) is 10.6. The first-order chi connectivity index (χ1) is 14.9. The minimum Gasteiger partial charge on any atom is -0.503 e. The zero-order valence-electron chi connectivity index (χ0n) is 18.2. The molecule has 1 saturated heterocycles. The van der Waals surface area contributed by atoms with Crippen LogP contribution in [0.3, 0.4) is 0 Å². The van der Waals surface area contributed by atoms with Crippen LogP contribution in [0.15, 0.2) is 60.1 Å². The predicted octanol–water partition coefficient (Wildman–Crippen LogP) is 2.96. The molecule has 1 aromatic carbocycles. The van der Waals surface area contributed by atoms with Crippen LogP contribution < -0.4 is 9.80 Å². The molecule has 31 heavy (non-hydrogen) atoms. The molecule has 7 heteroatoms. The van der Waals surface area contributed by atoms with Crippen LogP contribution in [0.4, 0.5) is 11.4 Å². The molecule has 1 atom stereocenters. The highest BCUT2D eigenvalue weighted by atomic mass is 16.3. The number of aromatic nitrogens is 1. The number of aliphatic hydroxyl groups is 1. The molecule has 0 spiro atoms. The fourth-order valence-corrected chi connectivity index (χ4v) is 4.18. The van der Waals surface area contributed by atoms with Crippen molar-refractivity contribution in [1.29, 1.82) is 0 Å². The predicted molar refractivity (Wildman–Crippen MR) is 120 cm³/mol. The molecular formula is C24H28N4O3. The van der Waals surface area contributed by atoms with E-state index in [0.717, 1.165) is 37.4 Å². The number of hydrogen-bond acceptors (Lipinski definition) is 6. The number of amides is 1. The Balaban J connectivity index is 1.69. The van der Waals surface area contributed by atoms with Gasteiger partial charge < -0.3 is 14.9 Å². The van der Waals surface area contributed by atoms with E-state index in [-0.39, 0.29) is 17.3 Å². The maximum Gasteiger partial charge on any atom is 0.294 e. The van der Waals surface area contributed by atoms with Crippen molar-refractivity contribution in [2.45, 2.75) is 19.9 Å². The third-order valence-corrected chi connectivity index (χ3v) is 6.02. The standard InChI is InChI=1S/C24H28N4O3/c1-16(2)22(29)20-21(17-8-10-25-11-9-17)28(24(31)23(20)30)19-6-4-18(5-7-19)27-14-12-26(3)13-15-27/h4-11,16,21,30H,12-15H2,1-3H3. The summed E-state index contributed by atoms with van der Waals surface area (Å²) in [5, 5.41) is 10.7. The van der Waals surface area contributed by atoms with Crippen molar-refractivity contribution in [3.8, 4) is 0 Å². The van der Waals surface area contributed by atoms with Gasteiger partial charge in [-0.15, -0.1) is 0 Å². The van der Waals surface area contributed by atoms with Crippen LogP contribution in [-0.4, -0.2) is 59.9 Å². The van der Waals surface area contributed by atoms with Crippen molar-refractivity contribution in [2.24, 2.45) is 5.92 Å². The van der Waals surface area contributed by atoms with Crippen LogP contribution in [0.25, 0.3) is 0 Å². The summed E-state index contributed by atoms with van der Waals surface area (Å²) < 4.78 is 0. The van der Waals surface area contributed by atoms with Crippen molar-refractivity contribution in [1.82, 2.24) is 9.88 Å². The monoisotopic (exact) mass is 420 g/mol. The van der Waals surface area contributed by atoms with Crippen LogP contribution in [0.1, 0.15) is 25.5 Å². The number of likely N-dealkylation sites (N-methyl/N-ethyl adjacent to an activating group) is 1. The lowest BCUT2D eigenvalue weighted by Crippen LogP contribution is -2.44. The van der Waals surface area contributed by atoms with Crippen molar-refractivity contribution in [3.63, 3.8) is 0 Å². The molecule has 2 aliphatic rings. The van der Waals surface area contributed by atoms with E-state index in [2.05, 4.69) is 21.8 Å². The van der Waals surface area contributed by atoms with E-state index < -0.39 is 17.7 Å². The largest absolute Gasteiger partial charge is 0.503 e. The minimum absolute atomic E-state index is 0.148. The molecule has 2 aliphatic heterocycles. The van der Waals surface area contributed by atoms with Gasteiger partial charge >= 0.3 is 0 Å². The number of anilines is 2. The van der Waals surface area contributed by atoms with E-state index in [9.17, 15) is 14.7 Å². The smallest absolute Gasteiger partial charge is 0.294 e. The Morgan fingerprint density at radius 2 is 1.58 bits per heavy atom. The molecule has 0 saturated carbocycles. The maximum atomic E-state index is 13.1. The van der Waals surface area contributed by atoms with Gasteiger partial charge in [0.25, 0.3) is 5.91 Å². The summed E-state index contributed by atoms with van der Waals surface area (Å²) in [6.45, 7) is 7.46. The lowest BCUT2D eigenvalue weighted by molar-refractivity contribution is -0.119. The summed E-state index contributed by atoms with van der Waals surface area (Å²) in [4.78, 5) is 36.2. The number of carbonyl (C=O) groups excluding carboxylic acids is 2. The molecule has 0 bridgehead atoms. The van der Waals surface area contributed by atoms with Gasteiger partial charge in [-0.25, -0.2) is 0 Å². The van der Waals surface area contributed by atoms with Crippen LogP contribution in [0.2, 0.25) is 0 Å². The molecule has 0 aliphatic carbocycles. The fourth-order valence-electron chi connectivity index (χ4n) is 4.18. The average Bonchev–Trinajstić information content (AvgIpc) is 3.05. The van der Waals surface area contributed by atoms with Gasteiger partial charge in [-0.05, 0) is 49.0 Å². The van der Waals surface area contributed by atoms with Gasteiger partial charge in [0.05, 0.1) is 11.6 Å². The molecular weight excluding hydrogens is 392 g/mol. The number of aliphatic hydroxyl groups excluding tert-OH is 1. The second-order valence-corrected chi connectivity index (χ2v) is 8.45. The van der Waals surface area contributed by atoms with Gasteiger partial charge in [-0.1, -0.05) is 13.8 Å². The van der Waals surface area contributed by atoms with Crippen LogP contribution in [0.5, 0.6) is 0 Å². The first kappa shape index (κ1) is 21.1. The number of piperazine rings is 1. The Morgan fingerprint density at radius 1 is 1.00 bits per heavy atom. The number of carbonyl (C=O) groups is 2. The molecule has 4 rings (SSSR count). The Morgan fingerprint density at radius 3 is 2.16 bits per heavy atom. The van der Waals surface area contributed by atoms with Crippen LogP contribution in [-0.2, 0) is 9.59 Å². The van der Waals surface area contributed by atoms with Gasteiger partial charge in [-0.2, -0.15) is 0 Å². The van der Waals surface area contributed by atoms with Gasteiger partial charge in [-0.3, -0.25) is 19.5 Å². The third-order valence-electron chi connectivity index (χ3n) is 6.02. The van der Waals surface area contributed by atoms with E-state index in [4.69, 9.17) is 0 Å². The van der Waals surface area contributed by atoms with Crippen molar-refractivity contribution in [2.75, 3.05) is 43.0 Å². The summed E-state index contributed by atoms with van der Waals surface area (Å²) in [6, 6.07) is 10.6. The molecule has 3 heterocycles. The highest BCUT2D eigenvalue weighted by Gasteiger charge is 2.44. The number of Topliss-reactive ketones (excluding diaryl/α,β-unsaturated/α-hetero) is 1. The second-order valence-electron chi connectivity index (χ2n) is 8.45. The molecule has 1 fully saturated rings. The molecule has 2 aromatic rings. The van der Waals surface area contributed by atoms with Gasteiger partial charge in [0.1, 0.15) is 0 Å². The van der Waals surface area contributed by atoms with E-state index in [1.807, 2.05) is 24.3 Å². The van der Waals surface area contributed by atoms with E-state index in [0.29, 0.717) is 5.69 Å². The lowest BCUT2D eigenvalue weighted by Gasteiger charge is -2.34. The molecule has 1 unspecified atom stereocenters. The Bertz CT molecular complexity index is 993. The topological polar surface area (TPSA) is 77.0 Å². The Hall–Kier alpha value is -3.19. The zero-order chi connectivity index (χ0) is 22.1. The van der Waals surface area contributed by atoms with Crippen molar-refractivity contribution >= 4 is 23.1 Å². The molecule has 0 radical (unpaired) electrons. The molecule has 162 valence electrons. The van der Waals surface area contributed by atoms with Crippen molar-refractivity contribution < 1.29 is 14.7 Å². The van der Waals surface area contributed by atoms with Crippen LogP contribution >= 0.6 is 0 Å². The number of benzene rings is 1. The number of rotatable bonds is 5.